The van der Waals surface area contributed by atoms with Crippen LogP contribution in [0.25, 0.3) is 0 Å². The molecule has 0 radical (unpaired) electrons. The molecule has 4 atom stereocenters. The molecule has 3 heterocycles. The highest BCUT2D eigenvalue weighted by Gasteiger charge is 2.64. The van der Waals surface area contributed by atoms with E-state index in [1.165, 1.54) is 6.07 Å². The molecule has 3 aliphatic rings. The SMILES string of the molecule is O=C1NCC[C@H]2N[C@@]3(C(=O)Nc4cc(Cl)ccc43)[C@H](c3cccc(Cl)c3F)[C@@H]12. The van der Waals surface area contributed by atoms with Gasteiger partial charge in [-0.1, -0.05) is 41.4 Å². The molecular weight excluding hydrogens is 404 g/mol. The summed E-state index contributed by atoms with van der Waals surface area (Å²) >= 11 is 12.1. The summed E-state index contributed by atoms with van der Waals surface area (Å²) in [6, 6.07) is 9.54. The van der Waals surface area contributed by atoms with Crippen LogP contribution < -0.4 is 16.0 Å². The molecule has 1 spiro atoms. The van der Waals surface area contributed by atoms with Crippen molar-refractivity contribution in [3.8, 4) is 0 Å². The maximum atomic E-state index is 15.1. The number of rotatable bonds is 1. The van der Waals surface area contributed by atoms with Gasteiger partial charge in [-0.3, -0.25) is 14.9 Å². The van der Waals surface area contributed by atoms with Gasteiger partial charge in [-0.2, -0.15) is 0 Å². The van der Waals surface area contributed by atoms with Crippen molar-refractivity contribution in [1.82, 2.24) is 10.6 Å². The quantitative estimate of drug-likeness (QED) is 0.664. The second-order valence-electron chi connectivity index (χ2n) is 7.43. The van der Waals surface area contributed by atoms with Gasteiger partial charge in [0.2, 0.25) is 11.8 Å². The van der Waals surface area contributed by atoms with Gasteiger partial charge in [0, 0.05) is 34.8 Å². The molecule has 2 aromatic rings. The van der Waals surface area contributed by atoms with Gasteiger partial charge in [-0.05, 0) is 30.2 Å². The molecule has 2 saturated heterocycles. The van der Waals surface area contributed by atoms with Gasteiger partial charge in [-0.15, -0.1) is 0 Å². The van der Waals surface area contributed by atoms with Gasteiger partial charge in [0.25, 0.3) is 0 Å². The molecule has 144 valence electrons. The molecule has 0 aromatic heterocycles. The van der Waals surface area contributed by atoms with Crippen LogP contribution in [0.4, 0.5) is 10.1 Å². The zero-order chi connectivity index (χ0) is 19.6. The Balaban J connectivity index is 1.78. The third kappa shape index (κ3) is 2.28. The van der Waals surface area contributed by atoms with Crippen LogP contribution >= 0.6 is 23.2 Å². The van der Waals surface area contributed by atoms with E-state index in [9.17, 15) is 9.59 Å². The van der Waals surface area contributed by atoms with Crippen LogP contribution in [0.3, 0.4) is 0 Å². The molecule has 0 unspecified atom stereocenters. The van der Waals surface area contributed by atoms with Crippen LogP contribution in [0, 0.1) is 11.7 Å². The smallest absolute Gasteiger partial charge is 0.250 e. The van der Waals surface area contributed by atoms with Gasteiger partial charge in [-0.25, -0.2) is 4.39 Å². The van der Waals surface area contributed by atoms with E-state index in [1.807, 2.05) is 0 Å². The average molecular weight is 420 g/mol. The van der Waals surface area contributed by atoms with E-state index >= 15 is 4.39 Å². The lowest BCUT2D eigenvalue weighted by Crippen LogP contribution is -2.49. The van der Waals surface area contributed by atoms with Gasteiger partial charge >= 0.3 is 0 Å². The summed E-state index contributed by atoms with van der Waals surface area (Å²) in [5.74, 6) is -2.48. The predicted octanol–water partition coefficient (Wildman–Crippen LogP) is 3.17. The van der Waals surface area contributed by atoms with Crippen LogP contribution in [-0.4, -0.2) is 24.4 Å². The molecule has 5 nitrogen and oxygen atoms in total. The third-order valence-corrected chi connectivity index (χ3v) is 6.59. The van der Waals surface area contributed by atoms with Crippen molar-refractivity contribution in [3.05, 3.63) is 63.4 Å². The van der Waals surface area contributed by atoms with Crippen LogP contribution in [0.15, 0.2) is 36.4 Å². The van der Waals surface area contributed by atoms with Gasteiger partial charge in [0.05, 0.1) is 10.9 Å². The topological polar surface area (TPSA) is 70.2 Å². The number of piperidine rings is 1. The van der Waals surface area contributed by atoms with Crippen molar-refractivity contribution < 1.29 is 14.0 Å². The van der Waals surface area contributed by atoms with E-state index in [2.05, 4.69) is 16.0 Å². The van der Waals surface area contributed by atoms with Crippen LogP contribution in [-0.2, 0) is 15.1 Å². The van der Waals surface area contributed by atoms with Crippen LogP contribution in [0.1, 0.15) is 23.5 Å². The maximum Gasteiger partial charge on any atom is 0.250 e. The summed E-state index contributed by atoms with van der Waals surface area (Å²) in [5.41, 5.74) is 0.204. The van der Waals surface area contributed by atoms with Gasteiger partial charge in [0.15, 0.2) is 0 Å². The molecule has 2 aromatic carbocycles. The number of anilines is 1. The molecule has 0 bridgehead atoms. The summed E-state index contributed by atoms with van der Waals surface area (Å²) in [6.07, 6.45) is 0.646. The van der Waals surface area contributed by atoms with Gasteiger partial charge < -0.3 is 10.6 Å². The first-order valence-electron chi connectivity index (χ1n) is 9.04. The number of nitrogens with one attached hydrogen (secondary N) is 3. The minimum atomic E-state index is -1.28. The largest absolute Gasteiger partial charge is 0.356 e. The van der Waals surface area contributed by atoms with E-state index in [0.717, 1.165) is 0 Å². The fourth-order valence-corrected chi connectivity index (χ4v) is 5.33. The second-order valence-corrected chi connectivity index (χ2v) is 8.27. The average Bonchev–Trinajstić information content (AvgIpc) is 3.14. The molecule has 5 rings (SSSR count). The highest BCUT2D eigenvalue weighted by molar-refractivity contribution is 6.31. The van der Waals surface area contributed by atoms with Crippen molar-refractivity contribution in [2.75, 3.05) is 11.9 Å². The summed E-state index contributed by atoms with van der Waals surface area (Å²) in [4.78, 5) is 26.1. The Bertz CT molecular complexity index is 1030. The summed E-state index contributed by atoms with van der Waals surface area (Å²) in [7, 11) is 0. The van der Waals surface area contributed by atoms with E-state index in [-0.39, 0.29) is 28.4 Å². The van der Waals surface area contributed by atoms with Crippen LogP contribution in [0.5, 0.6) is 0 Å². The molecule has 28 heavy (non-hydrogen) atoms. The Hall–Kier alpha value is -2.15. The minimum Gasteiger partial charge on any atom is -0.356 e. The lowest BCUT2D eigenvalue weighted by atomic mass is 9.70. The fourth-order valence-electron chi connectivity index (χ4n) is 4.97. The Morgan fingerprint density at radius 2 is 1.96 bits per heavy atom. The highest BCUT2D eigenvalue weighted by atomic mass is 35.5. The Morgan fingerprint density at radius 1 is 1.14 bits per heavy atom. The maximum absolute atomic E-state index is 15.1. The summed E-state index contributed by atoms with van der Waals surface area (Å²) < 4.78 is 15.1. The molecule has 0 aliphatic carbocycles. The Morgan fingerprint density at radius 3 is 2.79 bits per heavy atom. The molecule has 2 amide bonds. The molecule has 3 aliphatic heterocycles. The normalized spacial score (nSPS) is 30.8. The number of carbonyl (C=O) groups excluding carboxylic acids is 2. The monoisotopic (exact) mass is 419 g/mol. The van der Waals surface area contributed by atoms with Crippen LogP contribution in [0.2, 0.25) is 10.0 Å². The van der Waals surface area contributed by atoms with Crippen molar-refractivity contribution in [2.24, 2.45) is 5.92 Å². The van der Waals surface area contributed by atoms with Crippen molar-refractivity contribution in [2.45, 2.75) is 23.9 Å². The molecule has 0 saturated carbocycles. The lowest BCUT2D eigenvalue weighted by molar-refractivity contribution is -0.127. The first-order chi connectivity index (χ1) is 13.4. The van der Waals surface area contributed by atoms with E-state index in [0.29, 0.717) is 29.2 Å². The lowest BCUT2D eigenvalue weighted by Gasteiger charge is -2.32. The molecule has 2 fully saturated rings. The second kappa shape index (κ2) is 6.17. The third-order valence-electron chi connectivity index (χ3n) is 6.06. The Kier molecular flexibility index (Phi) is 3.95. The first-order valence-corrected chi connectivity index (χ1v) is 9.80. The molecular formula is C20H16Cl2FN3O2. The number of amides is 2. The number of hydrogen-bond acceptors (Lipinski definition) is 3. The Labute approximate surface area is 170 Å². The van der Waals surface area contributed by atoms with Gasteiger partial charge in [0.1, 0.15) is 11.4 Å². The van der Waals surface area contributed by atoms with Crippen molar-refractivity contribution in [1.29, 1.82) is 0 Å². The molecule has 8 heteroatoms. The predicted molar refractivity (Wildman–Crippen MR) is 104 cm³/mol. The minimum absolute atomic E-state index is 0.0398. The number of fused-ring (bicyclic) bond motifs is 3. The number of hydrogen-bond donors (Lipinski definition) is 3. The summed E-state index contributed by atoms with van der Waals surface area (Å²) in [5, 5.41) is 9.55. The van der Waals surface area contributed by atoms with Crippen molar-refractivity contribution in [3.63, 3.8) is 0 Å². The zero-order valence-electron chi connectivity index (χ0n) is 14.6. The number of halogens is 3. The van der Waals surface area contributed by atoms with E-state index in [4.69, 9.17) is 23.2 Å². The summed E-state index contributed by atoms with van der Waals surface area (Å²) in [6.45, 7) is 0.503. The number of carbonyl (C=O) groups is 2. The fraction of sp³-hybridized carbons (Fsp3) is 0.300. The first kappa shape index (κ1) is 17.9. The van der Waals surface area contributed by atoms with E-state index < -0.39 is 23.2 Å². The zero-order valence-corrected chi connectivity index (χ0v) is 16.1. The highest BCUT2D eigenvalue weighted by Crippen LogP contribution is 2.55. The van der Waals surface area contributed by atoms with Crippen molar-refractivity contribution >= 4 is 40.7 Å². The number of benzene rings is 2. The van der Waals surface area contributed by atoms with E-state index in [1.54, 1.807) is 30.3 Å². The standard InChI is InChI=1S/C20H16Cl2FN3O2/c21-9-4-5-11-14(8-9)25-19(28)20(11)16(10-2-1-3-12(22)17(10)23)15-13(26-20)6-7-24-18(15)27/h1-5,8,13,15-16,26H,6-7H2,(H,24,27)(H,25,28)/t13-,15+,16-,20-/m1/s1. The molecule has 3 N–H and O–H groups in total.